The average molecular weight is 251 g/mol. The van der Waals surface area contributed by atoms with Gasteiger partial charge in [-0.3, -0.25) is 0 Å². The van der Waals surface area contributed by atoms with Crippen molar-refractivity contribution in [2.45, 2.75) is 46.3 Å². The second-order valence-electron chi connectivity index (χ2n) is 5.82. The number of hydrogen-bond acceptors (Lipinski definition) is 3. The predicted octanol–water partition coefficient (Wildman–Crippen LogP) is 1.93. The standard InChI is InChI=1S/C11H22N2O2.ClH/c1-10(2,3)15-9(14)13-8-6-12-7-11(8,4)5;/h8,12H,6-7H2,1-5H3,(H,13,14);1H/t8-;/m0./s1. The van der Waals surface area contributed by atoms with Gasteiger partial charge < -0.3 is 15.4 Å². The van der Waals surface area contributed by atoms with Crippen LogP contribution in [0.2, 0.25) is 0 Å². The molecule has 0 spiro atoms. The van der Waals surface area contributed by atoms with Crippen LogP contribution in [-0.4, -0.2) is 30.8 Å². The lowest BCUT2D eigenvalue weighted by molar-refractivity contribution is 0.0480. The molecule has 96 valence electrons. The Hall–Kier alpha value is -0.480. The van der Waals surface area contributed by atoms with Crippen LogP contribution >= 0.6 is 12.4 Å². The van der Waals surface area contributed by atoms with E-state index in [-0.39, 0.29) is 30.0 Å². The van der Waals surface area contributed by atoms with E-state index in [9.17, 15) is 4.79 Å². The van der Waals surface area contributed by atoms with Crippen molar-refractivity contribution in [3.63, 3.8) is 0 Å². The molecule has 0 saturated carbocycles. The molecule has 1 atom stereocenters. The van der Waals surface area contributed by atoms with Gasteiger partial charge in [-0.05, 0) is 26.2 Å². The van der Waals surface area contributed by atoms with Crippen molar-refractivity contribution in [1.29, 1.82) is 0 Å². The zero-order valence-corrected chi connectivity index (χ0v) is 11.5. The molecule has 5 heteroatoms. The van der Waals surface area contributed by atoms with E-state index in [1.54, 1.807) is 0 Å². The SMILES string of the molecule is CC(C)(C)OC(=O)N[C@H]1CNCC1(C)C.Cl. The first-order valence-electron chi connectivity index (χ1n) is 5.41. The van der Waals surface area contributed by atoms with E-state index >= 15 is 0 Å². The summed E-state index contributed by atoms with van der Waals surface area (Å²) in [5.74, 6) is 0. The van der Waals surface area contributed by atoms with E-state index in [1.165, 1.54) is 0 Å². The Morgan fingerprint density at radius 2 is 2.00 bits per heavy atom. The molecule has 4 nitrogen and oxygen atoms in total. The highest BCUT2D eigenvalue weighted by atomic mass is 35.5. The molecule has 1 aliphatic heterocycles. The molecule has 16 heavy (non-hydrogen) atoms. The largest absolute Gasteiger partial charge is 0.444 e. The van der Waals surface area contributed by atoms with E-state index in [0.29, 0.717) is 0 Å². The number of amides is 1. The summed E-state index contributed by atoms with van der Waals surface area (Å²) in [6, 6.07) is 0.146. The van der Waals surface area contributed by atoms with E-state index < -0.39 is 5.60 Å². The van der Waals surface area contributed by atoms with Gasteiger partial charge in [0.15, 0.2) is 0 Å². The molecular weight excluding hydrogens is 228 g/mol. The van der Waals surface area contributed by atoms with Crippen LogP contribution in [0.1, 0.15) is 34.6 Å². The maximum Gasteiger partial charge on any atom is 0.407 e. The maximum absolute atomic E-state index is 11.5. The molecule has 0 aliphatic carbocycles. The Morgan fingerprint density at radius 3 is 2.38 bits per heavy atom. The van der Waals surface area contributed by atoms with Crippen molar-refractivity contribution in [3.8, 4) is 0 Å². The van der Waals surface area contributed by atoms with Crippen LogP contribution < -0.4 is 10.6 Å². The van der Waals surface area contributed by atoms with Crippen molar-refractivity contribution in [2.75, 3.05) is 13.1 Å². The molecule has 0 bridgehead atoms. The van der Waals surface area contributed by atoms with E-state index in [2.05, 4.69) is 24.5 Å². The Labute approximate surface area is 104 Å². The first-order valence-corrected chi connectivity index (χ1v) is 5.41. The molecule has 1 saturated heterocycles. The first-order chi connectivity index (χ1) is 6.71. The number of nitrogens with one attached hydrogen (secondary N) is 2. The summed E-state index contributed by atoms with van der Waals surface area (Å²) in [7, 11) is 0. The number of alkyl carbamates (subject to hydrolysis) is 1. The fourth-order valence-corrected chi connectivity index (χ4v) is 1.63. The molecular formula is C11H23ClN2O2. The molecule has 1 aliphatic rings. The Balaban J connectivity index is 0.00000225. The second-order valence-corrected chi connectivity index (χ2v) is 5.82. The molecule has 2 N–H and O–H groups in total. The van der Waals surface area contributed by atoms with E-state index in [4.69, 9.17) is 4.74 Å². The van der Waals surface area contributed by atoms with Crippen molar-refractivity contribution < 1.29 is 9.53 Å². The van der Waals surface area contributed by atoms with Gasteiger partial charge in [0.05, 0.1) is 6.04 Å². The van der Waals surface area contributed by atoms with Gasteiger partial charge >= 0.3 is 6.09 Å². The summed E-state index contributed by atoms with van der Waals surface area (Å²) in [5, 5.41) is 6.16. The molecule has 0 aromatic carbocycles. The van der Waals surface area contributed by atoms with Gasteiger partial charge in [-0.2, -0.15) is 0 Å². The second kappa shape index (κ2) is 5.23. The van der Waals surface area contributed by atoms with Crippen molar-refractivity contribution in [2.24, 2.45) is 5.41 Å². The van der Waals surface area contributed by atoms with Crippen LogP contribution in [0.25, 0.3) is 0 Å². The minimum absolute atomic E-state index is 0. The highest BCUT2D eigenvalue weighted by Gasteiger charge is 2.36. The van der Waals surface area contributed by atoms with Gasteiger partial charge in [0.25, 0.3) is 0 Å². The molecule has 1 rings (SSSR count). The molecule has 0 aromatic rings. The van der Waals surface area contributed by atoms with Crippen molar-refractivity contribution >= 4 is 18.5 Å². The maximum atomic E-state index is 11.5. The summed E-state index contributed by atoms with van der Waals surface area (Å²) in [5.41, 5.74) is -0.336. The van der Waals surface area contributed by atoms with Gasteiger partial charge in [-0.15, -0.1) is 12.4 Å². The third-order valence-corrected chi connectivity index (χ3v) is 2.56. The highest BCUT2D eigenvalue weighted by Crippen LogP contribution is 2.24. The summed E-state index contributed by atoms with van der Waals surface area (Å²) in [6.07, 6.45) is -0.329. The van der Waals surface area contributed by atoms with Gasteiger partial charge in [-0.25, -0.2) is 4.79 Å². The Bertz CT molecular complexity index is 249. The zero-order chi connectivity index (χ0) is 11.7. The van der Waals surface area contributed by atoms with Crippen molar-refractivity contribution in [3.05, 3.63) is 0 Å². The fraction of sp³-hybridized carbons (Fsp3) is 0.909. The fourth-order valence-electron chi connectivity index (χ4n) is 1.63. The molecule has 0 aromatic heterocycles. The lowest BCUT2D eigenvalue weighted by Gasteiger charge is -2.28. The van der Waals surface area contributed by atoms with Crippen LogP contribution in [0.15, 0.2) is 0 Å². The number of carbonyl (C=O) groups is 1. The number of rotatable bonds is 1. The zero-order valence-electron chi connectivity index (χ0n) is 10.7. The van der Waals surface area contributed by atoms with Crippen LogP contribution in [-0.2, 0) is 4.74 Å². The third kappa shape index (κ3) is 4.58. The summed E-state index contributed by atoms with van der Waals surface area (Å²) in [4.78, 5) is 11.5. The smallest absolute Gasteiger partial charge is 0.407 e. The summed E-state index contributed by atoms with van der Waals surface area (Å²) < 4.78 is 5.22. The van der Waals surface area contributed by atoms with E-state index in [0.717, 1.165) is 13.1 Å². The minimum atomic E-state index is -0.430. The summed E-state index contributed by atoms with van der Waals surface area (Å²) >= 11 is 0. The quantitative estimate of drug-likeness (QED) is 0.748. The summed E-state index contributed by atoms with van der Waals surface area (Å²) in [6.45, 7) is 11.6. The Morgan fingerprint density at radius 1 is 1.44 bits per heavy atom. The lowest BCUT2D eigenvalue weighted by atomic mass is 9.88. The normalized spacial score (nSPS) is 23.4. The number of hydrogen-bond donors (Lipinski definition) is 2. The number of carbonyl (C=O) groups excluding carboxylic acids is 1. The third-order valence-electron chi connectivity index (χ3n) is 2.56. The van der Waals surface area contributed by atoms with Gasteiger partial charge in [-0.1, -0.05) is 13.8 Å². The van der Waals surface area contributed by atoms with Gasteiger partial charge in [0.2, 0.25) is 0 Å². The van der Waals surface area contributed by atoms with Gasteiger partial charge in [0.1, 0.15) is 5.60 Å². The monoisotopic (exact) mass is 250 g/mol. The van der Waals surface area contributed by atoms with E-state index in [1.807, 2.05) is 20.8 Å². The van der Waals surface area contributed by atoms with Crippen LogP contribution in [0.4, 0.5) is 4.79 Å². The molecule has 1 amide bonds. The lowest BCUT2D eigenvalue weighted by Crippen LogP contribution is -2.46. The molecule has 0 unspecified atom stereocenters. The van der Waals surface area contributed by atoms with Crippen LogP contribution in [0.5, 0.6) is 0 Å². The molecule has 1 heterocycles. The molecule has 0 radical (unpaired) electrons. The predicted molar refractivity (Wildman–Crippen MR) is 67.1 cm³/mol. The Kier molecular flexibility index (Phi) is 5.08. The number of ether oxygens (including phenoxy) is 1. The highest BCUT2D eigenvalue weighted by molar-refractivity contribution is 5.85. The van der Waals surface area contributed by atoms with Gasteiger partial charge in [0, 0.05) is 13.1 Å². The number of halogens is 1. The van der Waals surface area contributed by atoms with Crippen molar-refractivity contribution in [1.82, 2.24) is 10.6 Å². The minimum Gasteiger partial charge on any atom is -0.444 e. The first kappa shape index (κ1) is 15.5. The van der Waals surface area contributed by atoms with Crippen LogP contribution in [0.3, 0.4) is 0 Å². The van der Waals surface area contributed by atoms with Crippen LogP contribution in [0, 0.1) is 5.41 Å². The topological polar surface area (TPSA) is 50.4 Å². The average Bonchev–Trinajstić information content (AvgIpc) is 2.26. The molecule has 1 fully saturated rings.